The van der Waals surface area contributed by atoms with E-state index < -0.39 is 0 Å². The van der Waals surface area contributed by atoms with E-state index in [1.165, 1.54) is 0 Å². The highest BCUT2D eigenvalue weighted by atomic mass is 79.9. The van der Waals surface area contributed by atoms with Crippen LogP contribution in [-0.2, 0) is 13.2 Å². The quantitative estimate of drug-likeness (QED) is 0.817. The smallest absolute Gasteiger partial charge is 0.138 e. The van der Waals surface area contributed by atoms with Gasteiger partial charge >= 0.3 is 0 Å². The summed E-state index contributed by atoms with van der Waals surface area (Å²) in [5, 5.41) is 3.71. The van der Waals surface area contributed by atoms with E-state index in [1.54, 1.807) is 7.11 Å². The van der Waals surface area contributed by atoms with Crippen LogP contribution in [0.5, 0.6) is 11.5 Å². The minimum absolute atomic E-state index is 0.452. The van der Waals surface area contributed by atoms with E-state index in [-0.39, 0.29) is 0 Å². The molecule has 0 spiro atoms. The molecule has 0 amide bonds. The van der Waals surface area contributed by atoms with Crippen LogP contribution in [0.1, 0.15) is 11.1 Å². The molecule has 112 valence electrons. The van der Waals surface area contributed by atoms with Crippen molar-refractivity contribution in [1.82, 2.24) is 5.32 Å². The molecule has 3 nitrogen and oxygen atoms in total. The summed E-state index contributed by atoms with van der Waals surface area (Å²) in [5.74, 6) is 1.48. The molecule has 2 rings (SSSR count). The Bertz CT molecular complexity index is 619. The zero-order valence-electron chi connectivity index (χ0n) is 12.0. The van der Waals surface area contributed by atoms with Crippen molar-refractivity contribution >= 4 is 27.5 Å². The van der Waals surface area contributed by atoms with Crippen molar-refractivity contribution in [2.24, 2.45) is 0 Å². The lowest BCUT2D eigenvalue weighted by molar-refractivity contribution is 0.306. The third kappa shape index (κ3) is 4.37. The summed E-state index contributed by atoms with van der Waals surface area (Å²) < 4.78 is 11.9. The average molecular weight is 371 g/mol. The first kappa shape index (κ1) is 16.1. The monoisotopic (exact) mass is 369 g/mol. The van der Waals surface area contributed by atoms with Crippen LogP contribution in [0.4, 0.5) is 0 Å². The predicted octanol–water partition coefficient (Wildman–Crippen LogP) is 4.41. The number of ether oxygens (including phenoxy) is 2. The molecule has 0 aliphatic rings. The molecular formula is C16H17BrClNO2. The Labute approximate surface area is 138 Å². The molecule has 0 heterocycles. The van der Waals surface area contributed by atoms with Gasteiger partial charge < -0.3 is 14.8 Å². The first-order valence-corrected chi connectivity index (χ1v) is 7.69. The van der Waals surface area contributed by atoms with E-state index in [1.807, 2.05) is 43.4 Å². The van der Waals surface area contributed by atoms with E-state index in [0.717, 1.165) is 27.9 Å². The molecule has 0 saturated heterocycles. The Kier molecular flexibility index (Phi) is 5.91. The summed E-state index contributed by atoms with van der Waals surface area (Å²) in [4.78, 5) is 0. The third-order valence-electron chi connectivity index (χ3n) is 2.99. The first-order chi connectivity index (χ1) is 10.1. The van der Waals surface area contributed by atoms with Crippen molar-refractivity contribution in [3.8, 4) is 11.5 Å². The Morgan fingerprint density at radius 1 is 1.10 bits per heavy atom. The van der Waals surface area contributed by atoms with Gasteiger partial charge in [-0.2, -0.15) is 0 Å². The highest BCUT2D eigenvalue weighted by Crippen LogP contribution is 2.28. The number of methoxy groups -OCH3 is 1. The number of nitrogens with one attached hydrogen (secondary N) is 1. The van der Waals surface area contributed by atoms with Crippen molar-refractivity contribution in [2.75, 3.05) is 14.2 Å². The highest BCUT2D eigenvalue weighted by molar-refractivity contribution is 9.10. The van der Waals surface area contributed by atoms with Crippen LogP contribution < -0.4 is 14.8 Å². The Morgan fingerprint density at radius 2 is 1.81 bits per heavy atom. The van der Waals surface area contributed by atoms with Crippen molar-refractivity contribution in [2.45, 2.75) is 13.2 Å². The van der Waals surface area contributed by atoms with E-state index in [9.17, 15) is 0 Å². The van der Waals surface area contributed by atoms with Crippen molar-refractivity contribution in [1.29, 1.82) is 0 Å². The first-order valence-electron chi connectivity index (χ1n) is 6.52. The standard InChI is InChI=1S/C16H17BrClNO2/c1-19-9-11-3-6-16(14(18)8-11)21-10-12-4-5-15(20-2)13(17)7-12/h3-8,19H,9-10H2,1-2H3. The lowest BCUT2D eigenvalue weighted by Gasteiger charge is -2.11. The van der Waals surface area contributed by atoms with Gasteiger partial charge in [0.05, 0.1) is 16.6 Å². The fraction of sp³-hybridized carbons (Fsp3) is 0.250. The molecule has 0 saturated carbocycles. The van der Waals surface area contributed by atoms with Gasteiger partial charge in [-0.3, -0.25) is 0 Å². The number of rotatable bonds is 6. The van der Waals surface area contributed by atoms with Gasteiger partial charge in [-0.05, 0) is 58.4 Å². The molecule has 5 heteroatoms. The summed E-state index contributed by atoms with van der Waals surface area (Å²) in [6.45, 7) is 1.24. The van der Waals surface area contributed by atoms with Gasteiger partial charge in [0.15, 0.2) is 0 Å². The minimum Gasteiger partial charge on any atom is -0.496 e. The normalized spacial score (nSPS) is 10.5. The minimum atomic E-state index is 0.452. The second-order valence-electron chi connectivity index (χ2n) is 4.55. The van der Waals surface area contributed by atoms with Crippen LogP contribution in [0, 0.1) is 0 Å². The molecule has 0 fully saturated rings. The van der Waals surface area contributed by atoms with Gasteiger partial charge in [-0.15, -0.1) is 0 Å². The van der Waals surface area contributed by atoms with E-state index in [4.69, 9.17) is 21.1 Å². The van der Waals surface area contributed by atoms with Crippen LogP contribution in [0.25, 0.3) is 0 Å². The molecule has 2 aromatic rings. The second-order valence-corrected chi connectivity index (χ2v) is 5.81. The lowest BCUT2D eigenvalue weighted by atomic mass is 10.2. The number of hydrogen-bond donors (Lipinski definition) is 1. The summed E-state index contributed by atoms with van der Waals surface area (Å²) in [6, 6.07) is 11.7. The fourth-order valence-corrected chi connectivity index (χ4v) is 2.78. The Morgan fingerprint density at radius 3 is 2.43 bits per heavy atom. The highest BCUT2D eigenvalue weighted by Gasteiger charge is 2.05. The van der Waals surface area contributed by atoms with Gasteiger partial charge in [-0.25, -0.2) is 0 Å². The molecule has 0 aromatic heterocycles. The Hall–Kier alpha value is -1.23. The van der Waals surface area contributed by atoms with E-state index in [2.05, 4.69) is 21.2 Å². The van der Waals surface area contributed by atoms with Crippen molar-refractivity contribution in [3.05, 3.63) is 57.0 Å². The Balaban J connectivity index is 2.04. The van der Waals surface area contributed by atoms with Crippen molar-refractivity contribution < 1.29 is 9.47 Å². The SMILES string of the molecule is CNCc1ccc(OCc2ccc(OC)c(Br)c2)c(Cl)c1. The second kappa shape index (κ2) is 7.69. The maximum atomic E-state index is 6.23. The maximum absolute atomic E-state index is 6.23. The zero-order chi connectivity index (χ0) is 15.2. The molecule has 0 unspecified atom stereocenters. The van der Waals surface area contributed by atoms with Gasteiger partial charge in [-0.1, -0.05) is 23.7 Å². The van der Waals surface area contributed by atoms with Gasteiger partial charge in [0.25, 0.3) is 0 Å². The van der Waals surface area contributed by atoms with Crippen LogP contribution in [0.3, 0.4) is 0 Å². The van der Waals surface area contributed by atoms with Crippen LogP contribution in [0.15, 0.2) is 40.9 Å². The molecule has 2 aromatic carbocycles. The predicted molar refractivity (Wildman–Crippen MR) is 89.2 cm³/mol. The topological polar surface area (TPSA) is 30.5 Å². The molecule has 0 radical (unpaired) electrons. The third-order valence-corrected chi connectivity index (χ3v) is 3.90. The van der Waals surface area contributed by atoms with Crippen molar-refractivity contribution in [3.63, 3.8) is 0 Å². The summed E-state index contributed by atoms with van der Waals surface area (Å²) in [7, 11) is 3.54. The summed E-state index contributed by atoms with van der Waals surface area (Å²) in [6.07, 6.45) is 0. The maximum Gasteiger partial charge on any atom is 0.138 e. The average Bonchev–Trinajstić information content (AvgIpc) is 2.47. The largest absolute Gasteiger partial charge is 0.496 e. The van der Waals surface area contributed by atoms with E-state index >= 15 is 0 Å². The molecule has 1 N–H and O–H groups in total. The van der Waals surface area contributed by atoms with Crippen LogP contribution in [0.2, 0.25) is 5.02 Å². The molecule has 0 atom stereocenters. The fourth-order valence-electron chi connectivity index (χ4n) is 1.94. The summed E-state index contributed by atoms with van der Waals surface area (Å²) in [5.41, 5.74) is 2.17. The summed E-state index contributed by atoms with van der Waals surface area (Å²) >= 11 is 9.69. The van der Waals surface area contributed by atoms with Crippen LogP contribution >= 0.6 is 27.5 Å². The molecule has 21 heavy (non-hydrogen) atoms. The molecule has 0 aliphatic heterocycles. The van der Waals surface area contributed by atoms with Gasteiger partial charge in [0, 0.05) is 6.54 Å². The number of benzene rings is 2. The number of halogens is 2. The van der Waals surface area contributed by atoms with Crippen LogP contribution in [-0.4, -0.2) is 14.2 Å². The lowest BCUT2D eigenvalue weighted by Crippen LogP contribution is -2.05. The molecule has 0 aliphatic carbocycles. The van der Waals surface area contributed by atoms with Gasteiger partial charge in [0.2, 0.25) is 0 Å². The molecular weight excluding hydrogens is 354 g/mol. The van der Waals surface area contributed by atoms with E-state index in [0.29, 0.717) is 17.4 Å². The molecule has 0 bridgehead atoms. The number of hydrogen-bond acceptors (Lipinski definition) is 3. The zero-order valence-corrected chi connectivity index (χ0v) is 14.3. The van der Waals surface area contributed by atoms with Gasteiger partial charge in [0.1, 0.15) is 18.1 Å².